The third-order valence-electron chi connectivity index (χ3n) is 2.52. The van der Waals surface area contributed by atoms with Crippen molar-refractivity contribution >= 4 is 58.8 Å². The number of thiol groups is 1. The van der Waals surface area contributed by atoms with Crippen molar-refractivity contribution in [3.8, 4) is 0 Å². The summed E-state index contributed by atoms with van der Waals surface area (Å²) in [6.07, 6.45) is 0. The van der Waals surface area contributed by atoms with Crippen LogP contribution in [0.5, 0.6) is 0 Å². The topological polar surface area (TPSA) is 24.4 Å². The van der Waals surface area contributed by atoms with Gasteiger partial charge in [-0.25, -0.2) is 4.38 Å². The Balaban J connectivity index is 0.000000403. The smallest absolute Gasteiger partial charge is 0.789 e. The molecule has 0 saturated carbocycles. The quantitative estimate of drug-likeness (QED) is 0.197. The van der Waals surface area contributed by atoms with E-state index in [0.717, 1.165) is 12.1 Å². The van der Waals surface area contributed by atoms with Crippen LogP contribution in [0.2, 0.25) is 0 Å². The summed E-state index contributed by atoms with van der Waals surface area (Å²) >= 11 is 18.0. The summed E-state index contributed by atoms with van der Waals surface area (Å²) < 4.78 is 0.836. The molecule has 0 amide bonds. The molecule has 0 fully saturated rings. The minimum absolute atomic E-state index is 0. The second-order valence-corrected chi connectivity index (χ2v) is 6.40. The van der Waals surface area contributed by atoms with E-state index in [1.165, 1.54) is 5.56 Å². The molecule has 1 N–H and O–H groups in total. The Morgan fingerprint density at radius 2 is 1.43 bits per heavy atom. The van der Waals surface area contributed by atoms with Crippen molar-refractivity contribution in [1.29, 1.82) is 0 Å². The first-order chi connectivity index (χ1) is 10.6. The Hall–Kier alpha value is -0.522. The first-order valence-electron chi connectivity index (χ1n) is 6.51. The molecule has 2 aromatic rings. The molecule has 0 unspecified atom stereocenters. The van der Waals surface area contributed by atoms with Crippen molar-refractivity contribution in [2.75, 3.05) is 0 Å². The van der Waals surface area contributed by atoms with Gasteiger partial charge < -0.3 is 35.6 Å². The molecule has 7 heteroatoms. The predicted molar refractivity (Wildman–Crippen MR) is 107 cm³/mol. The molecule has 0 aliphatic carbocycles. The molecular formula is C16H16N2PtS4. The van der Waals surface area contributed by atoms with E-state index in [-0.39, 0.29) is 21.1 Å². The van der Waals surface area contributed by atoms with Crippen LogP contribution in [0, 0.1) is 0 Å². The normalized spacial score (nSPS) is 8.74. The van der Waals surface area contributed by atoms with E-state index in [4.69, 9.17) is 12.2 Å². The molecule has 0 saturated heterocycles. The second-order valence-electron chi connectivity index (χ2n) is 4.21. The fraction of sp³-hybridized carbons (Fsp3) is 0.125. The molecule has 2 nitrogen and oxygen atoms in total. The maximum absolute atomic E-state index is 4.75. The number of hydrogen-bond acceptors (Lipinski definition) is 4. The summed E-state index contributed by atoms with van der Waals surface area (Å²) in [4.78, 5) is 3.94. The number of aliphatic imine (C=N–C) groups is 1. The zero-order valence-corrected chi connectivity index (χ0v) is 17.7. The fourth-order valence-electron chi connectivity index (χ4n) is 1.51. The Morgan fingerprint density at radius 3 is 1.87 bits per heavy atom. The molecule has 0 aliphatic heterocycles. The van der Waals surface area contributed by atoms with Gasteiger partial charge in [0, 0.05) is 6.54 Å². The summed E-state index contributed by atoms with van der Waals surface area (Å²) in [5.41, 5.74) is 2.35. The van der Waals surface area contributed by atoms with Gasteiger partial charge in [0.2, 0.25) is 0 Å². The van der Waals surface area contributed by atoms with E-state index in [9.17, 15) is 0 Å². The van der Waals surface area contributed by atoms with Gasteiger partial charge >= 0.3 is 21.1 Å². The van der Waals surface area contributed by atoms with Gasteiger partial charge in [-0.3, -0.25) is 0 Å². The van der Waals surface area contributed by atoms with E-state index < -0.39 is 0 Å². The minimum Gasteiger partial charge on any atom is -0.789 e. The zero-order valence-electron chi connectivity index (χ0n) is 12.1. The third kappa shape index (κ3) is 12.6. The third-order valence-corrected chi connectivity index (χ3v) is 3.08. The molecular weight excluding hydrogens is 544 g/mol. The number of nitrogens with zero attached hydrogens (tertiary/aromatic N) is 1. The van der Waals surface area contributed by atoms with Crippen molar-refractivity contribution in [3.05, 3.63) is 71.8 Å². The van der Waals surface area contributed by atoms with Crippen LogP contribution in [0.15, 0.2) is 65.7 Å². The number of nitrogens with one attached hydrogen (secondary N) is 1. The molecule has 2 aromatic carbocycles. The van der Waals surface area contributed by atoms with Crippen LogP contribution in [-0.4, -0.2) is 8.70 Å². The summed E-state index contributed by atoms with van der Waals surface area (Å²) in [6.45, 7) is 1.35. The van der Waals surface area contributed by atoms with E-state index in [1.54, 1.807) is 0 Å². The van der Waals surface area contributed by atoms with Crippen LogP contribution in [0.3, 0.4) is 0 Å². The molecule has 0 bridgehead atoms. The van der Waals surface area contributed by atoms with Crippen LogP contribution >= 0.6 is 24.8 Å². The van der Waals surface area contributed by atoms with Crippen molar-refractivity contribution in [2.45, 2.75) is 13.1 Å². The van der Waals surface area contributed by atoms with Crippen molar-refractivity contribution in [3.63, 3.8) is 0 Å². The zero-order chi connectivity index (χ0) is 16.2. The van der Waals surface area contributed by atoms with Crippen LogP contribution in [0.4, 0.5) is 0 Å². The van der Waals surface area contributed by atoms with Crippen molar-refractivity contribution in [1.82, 2.24) is 5.32 Å². The fourth-order valence-corrected chi connectivity index (χ4v) is 1.79. The second kappa shape index (κ2) is 13.9. The molecule has 0 aliphatic rings. The average molecular weight is 560 g/mol. The van der Waals surface area contributed by atoms with Crippen molar-refractivity contribution in [2.24, 2.45) is 4.99 Å². The van der Waals surface area contributed by atoms with Gasteiger partial charge in [0.15, 0.2) is 0 Å². The Bertz CT molecular complexity index is 588. The Kier molecular flexibility index (Phi) is 13.6. The van der Waals surface area contributed by atoms with E-state index in [0.29, 0.717) is 15.2 Å². The summed E-state index contributed by atoms with van der Waals surface area (Å²) in [7, 11) is 0. The number of thiocarbonyl (C=S) groups is 1. The summed E-state index contributed by atoms with van der Waals surface area (Å²) in [6, 6.07) is 20.0. The SMILES string of the molecule is S=C(S)NCc1ccccc1.[Pt+2].[S-]C([S-])=NCc1ccccc1. The van der Waals surface area contributed by atoms with Gasteiger partial charge in [-0.2, -0.15) is 0 Å². The molecule has 0 aromatic heterocycles. The van der Waals surface area contributed by atoms with E-state index >= 15 is 0 Å². The number of rotatable bonds is 4. The van der Waals surface area contributed by atoms with Crippen molar-refractivity contribution < 1.29 is 21.1 Å². The van der Waals surface area contributed by atoms with Gasteiger partial charge in [0.1, 0.15) is 4.32 Å². The Labute approximate surface area is 174 Å². The molecule has 0 atom stereocenters. The molecule has 23 heavy (non-hydrogen) atoms. The van der Waals surface area contributed by atoms with Gasteiger partial charge in [-0.15, -0.1) is 12.6 Å². The van der Waals surface area contributed by atoms with Crippen LogP contribution in [0.1, 0.15) is 11.1 Å². The minimum atomic E-state index is 0. The molecule has 2 rings (SSSR count). The Morgan fingerprint density at radius 1 is 0.957 bits per heavy atom. The monoisotopic (exact) mass is 559 g/mol. The summed E-state index contributed by atoms with van der Waals surface area (Å²) in [5, 5.41) is 2.96. The van der Waals surface area contributed by atoms with Crippen LogP contribution < -0.4 is 5.32 Å². The van der Waals surface area contributed by atoms with Gasteiger partial charge in [-0.05, 0) is 11.1 Å². The first kappa shape index (κ1) is 22.5. The maximum Gasteiger partial charge on any atom is 2.00 e. The van der Waals surface area contributed by atoms with Crippen LogP contribution in [0.25, 0.3) is 0 Å². The largest absolute Gasteiger partial charge is 2.00 e. The maximum atomic E-state index is 4.75. The molecule has 0 heterocycles. The molecule has 124 valence electrons. The molecule has 0 spiro atoms. The van der Waals surface area contributed by atoms with Gasteiger partial charge in [-0.1, -0.05) is 72.9 Å². The summed E-state index contributed by atoms with van der Waals surface area (Å²) in [5.74, 6) is 0. The first-order valence-corrected chi connectivity index (χ1v) is 8.18. The predicted octanol–water partition coefficient (Wildman–Crippen LogP) is 3.62. The van der Waals surface area contributed by atoms with E-state index in [1.807, 2.05) is 60.7 Å². The number of hydrogen-bond donors (Lipinski definition) is 2. The average Bonchev–Trinajstić information content (AvgIpc) is 2.53. The van der Waals surface area contributed by atoms with Gasteiger partial charge in [0.25, 0.3) is 0 Å². The van der Waals surface area contributed by atoms with Gasteiger partial charge in [0.05, 0.1) is 6.54 Å². The molecule has 0 radical (unpaired) electrons. The van der Waals surface area contributed by atoms with Crippen LogP contribution in [-0.2, 0) is 59.4 Å². The number of benzene rings is 2. The van der Waals surface area contributed by atoms with E-state index in [2.05, 4.69) is 48.2 Å². The standard InChI is InChI=1S/2C8H9NS2.Pt/c2*10-8(11)9-6-7-4-2-1-3-5-7;/h2*1-5H,6H2,(H2,9,10,11);/q;;+2/p-2.